The third-order valence-electron chi connectivity index (χ3n) is 13.4. The molecule has 0 fully saturated rings. The molecule has 4 heterocycles. The minimum Gasteiger partial charge on any atom is -0.457 e. The molecule has 0 spiro atoms. The zero-order valence-electron chi connectivity index (χ0n) is 38.4. The Hall–Kier alpha value is -5.87. The van der Waals surface area contributed by atoms with Crippen molar-refractivity contribution < 1.29 is 8.83 Å². The number of nitrogens with zero attached hydrogens (tertiary/aromatic N) is 2. The standard InChI is InChI=1S/C49H20B14N2O2.C2H6/c1-3-5-8-17(4-2)64-20-10-7-6-9-18(20)25-22(64)13-14-23-26(25)19-15-16(24-31(50)32(51)27-28-33(52)37(56)39(58)42(61)47(28)66-46(27)36(24)55)11-12-21(19)65(23)45-41(60)35(54)30-29-34(53)38(57)40(59)43(62)48(29)67-49(30)44(45)63;1-2/h4-15H,3H2,1-2H3;1-2H3/b8-5-,17-4+;. The van der Waals surface area contributed by atoms with Gasteiger partial charge in [-0.2, -0.15) is 0 Å². The van der Waals surface area contributed by atoms with E-state index in [1.165, 1.54) is 0 Å². The van der Waals surface area contributed by atoms with Gasteiger partial charge < -0.3 is 18.0 Å². The summed E-state index contributed by atoms with van der Waals surface area (Å²) in [5.41, 5.74) is 8.36. The van der Waals surface area contributed by atoms with Gasteiger partial charge in [0.05, 0.1) is 22.1 Å². The quantitative estimate of drug-likeness (QED) is 0.154. The molecular weight excluding hydrogens is 824 g/mol. The average Bonchev–Trinajstić information content (AvgIpc) is 4.13. The fourth-order valence-corrected chi connectivity index (χ4v) is 10.1. The predicted octanol–water partition coefficient (Wildman–Crippen LogP) is -1.68. The smallest absolute Gasteiger partial charge is 0.129 e. The third kappa shape index (κ3) is 6.28. The van der Waals surface area contributed by atoms with E-state index in [2.05, 4.69) is 47.9 Å². The predicted molar refractivity (Wildman–Crippen MR) is 310 cm³/mol. The van der Waals surface area contributed by atoms with Crippen LogP contribution in [0.3, 0.4) is 0 Å². The first kappa shape index (κ1) is 46.8. The molecule has 0 bridgehead atoms. The molecule has 0 aliphatic rings. The lowest BCUT2D eigenvalue weighted by Gasteiger charge is -2.20. The Morgan fingerprint density at radius 2 is 0.942 bits per heavy atom. The van der Waals surface area contributed by atoms with E-state index < -0.39 is 0 Å². The summed E-state index contributed by atoms with van der Waals surface area (Å²) in [5, 5.41) is 5.02. The number of hydrogen-bond donors (Lipinski definition) is 0. The van der Waals surface area contributed by atoms with E-state index in [1.54, 1.807) is 0 Å². The fourth-order valence-electron chi connectivity index (χ4n) is 10.1. The van der Waals surface area contributed by atoms with Crippen LogP contribution in [-0.4, -0.2) is 119 Å². The van der Waals surface area contributed by atoms with Crippen LogP contribution in [-0.2, 0) is 0 Å². The van der Waals surface area contributed by atoms with E-state index in [1.807, 2.05) is 61.7 Å². The molecule has 0 saturated carbocycles. The van der Waals surface area contributed by atoms with Crippen molar-refractivity contribution in [1.29, 1.82) is 0 Å². The van der Waals surface area contributed by atoms with E-state index in [0.717, 1.165) is 50.2 Å². The summed E-state index contributed by atoms with van der Waals surface area (Å²) in [6.07, 6.45) is 7.20. The molecule has 0 amide bonds. The minimum absolute atomic E-state index is 0.0761. The van der Waals surface area contributed by atoms with E-state index in [-0.39, 0.29) is 98.8 Å². The lowest BCUT2D eigenvalue weighted by molar-refractivity contribution is 0.674. The topological polar surface area (TPSA) is 36.1 Å². The highest BCUT2D eigenvalue weighted by atomic mass is 16.3. The number of aromatic nitrogens is 2. The lowest BCUT2D eigenvalue weighted by Crippen LogP contribution is -2.47. The number of benzene rings is 7. The zero-order chi connectivity index (χ0) is 49.4. The molecule has 0 unspecified atom stereocenters. The Morgan fingerprint density at radius 3 is 1.52 bits per heavy atom. The Labute approximate surface area is 418 Å². The van der Waals surface area contributed by atoms with Crippen molar-refractivity contribution in [3.63, 3.8) is 0 Å². The maximum atomic E-state index is 7.21. The summed E-state index contributed by atoms with van der Waals surface area (Å²) in [6.45, 7) is 8.12. The van der Waals surface area contributed by atoms with E-state index in [0.29, 0.717) is 43.9 Å². The molecule has 11 aromatic rings. The van der Waals surface area contributed by atoms with Crippen LogP contribution in [0.25, 0.3) is 110 Å². The lowest BCUT2D eigenvalue weighted by atomic mass is 9.64. The average molecular weight is 850 g/mol. The van der Waals surface area contributed by atoms with Gasteiger partial charge in [0.2, 0.25) is 0 Å². The van der Waals surface area contributed by atoms with Crippen molar-refractivity contribution >= 4 is 280 Å². The van der Waals surface area contributed by atoms with Crippen LogP contribution in [0.1, 0.15) is 34.1 Å². The van der Waals surface area contributed by atoms with Crippen LogP contribution in [0.4, 0.5) is 0 Å². The number of rotatable bonds is 5. The fraction of sp³-hybridized carbons (Fsp3) is 0.0980. The van der Waals surface area contributed by atoms with E-state index in [9.17, 15) is 0 Å². The number of fused-ring (bicyclic) bond motifs is 13. The van der Waals surface area contributed by atoms with Crippen LogP contribution in [0.5, 0.6) is 0 Å². The van der Waals surface area contributed by atoms with Gasteiger partial charge in [0.1, 0.15) is 132 Å². The highest BCUT2D eigenvalue weighted by Gasteiger charge is 2.27. The van der Waals surface area contributed by atoms with Crippen LogP contribution in [0.15, 0.2) is 81.7 Å². The molecule has 4 nitrogen and oxygen atoms in total. The van der Waals surface area contributed by atoms with Crippen LogP contribution < -0.4 is 76.5 Å². The highest BCUT2D eigenvalue weighted by molar-refractivity contribution is 6.71. The number of para-hydroxylation sites is 1. The van der Waals surface area contributed by atoms with Gasteiger partial charge in [0.25, 0.3) is 0 Å². The number of hydrogen-bond acceptors (Lipinski definition) is 2. The summed E-state index contributed by atoms with van der Waals surface area (Å²) in [4.78, 5) is 0. The molecule has 28 radical (unpaired) electrons. The summed E-state index contributed by atoms with van der Waals surface area (Å²) >= 11 is 0. The molecule has 0 saturated heterocycles. The van der Waals surface area contributed by atoms with Gasteiger partial charge in [-0.15, -0.1) is 21.9 Å². The molecule has 69 heavy (non-hydrogen) atoms. The zero-order valence-corrected chi connectivity index (χ0v) is 38.4. The van der Waals surface area contributed by atoms with Crippen LogP contribution in [0, 0.1) is 0 Å². The molecule has 0 atom stereocenters. The highest BCUT2D eigenvalue weighted by Crippen LogP contribution is 2.43. The Balaban J connectivity index is 0.00000273. The SMILES string of the molecule is CC.[B]c1c([B])c([B])c2c(oc3c([B])c(-c4ccc5c(c4)c4c6c7ccccc7n(C(/C=C\CC)=C/C)c6ccc4n5-c4c([B])c([B])c5c(oc6c([B])c([B])c([B])c([B])c65)c4[B])c([B])c([B])c32)c1[B]. The Kier molecular flexibility index (Phi) is 11.5. The molecular formula is C51H26B14N2O2. The van der Waals surface area contributed by atoms with Crippen molar-refractivity contribution in [2.45, 2.75) is 34.1 Å². The van der Waals surface area contributed by atoms with Crippen molar-refractivity contribution in [3.8, 4) is 16.8 Å². The molecule has 0 aliphatic heterocycles. The molecule has 4 aromatic heterocycles. The minimum atomic E-state index is 0.0761. The summed E-state index contributed by atoms with van der Waals surface area (Å²) in [5.74, 6) is 0. The normalized spacial score (nSPS) is 12.4. The molecule has 0 N–H and O–H groups in total. The monoisotopic (exact) mass is 852 g/mol. The maximum Gasteiger partial charge on any atom is 0.129 e. The summed E-state index contributed by atoms with van der Waals surface area (Å²) in [6, 6.07) is 18.2. The van der Waals surface area contributed by atoms with E-state index >= 15 is 0 Å². The second-order valence-electron chi connectivity index (χ2n) is 16.8. The van der Waals surface area contributed by atoms with Gasteiger partial charge in [0.15, 0.2) is 0 Å². The Morgan fingerprint density at radius 1 is 0.464 bits per heavy atom. The van der Waals surface area contributed by atoms with Gasteiger partial charge in [0, 0.05) is 54.5 Å². The first-order chi connectivity index (χ1) is 33.0. The van der Waals surface area contributed by atoms with Gasteiger partial charge in [-0.1, -0.05) is 101 Å². The van der Waals surface area contributed by atoms with Crippen LogP contribution in [0.2, 0.25) is 0 Å². The summed E-state index contributed by atoms with van der Waals surface area (Å²) in [7, 11) is 93.3. The summed E-state index contributed by atoms with van der Waals surface area (Å²) < 4.78 is 17.0. The van der Waals surface area contributed by atoms with Crippen molar-refractivity contribution in [2.75, 3.05) is 0 Å². The molecule has 18 heteroatoms. The molecule has 294 valence electrons. The molecule has 0 aliphatic carbocycles. The Bertz CT molecular complexity index is 4150. The number of furan rings is 2. The van der Waals surface area contributed by atoms with Crippen molar-refractivity contribution in [3.05, 3.63) is 72.8 Å². The largest absolute Gasteiger partial charge is 0.457 e. The molecule has 11 rings (SSSR count). The van der Waals surface area contributed by atoms with Gasteiger partial charge in [-0.25, -0.2) is 0 Å². The van der Waals surface area contributed by atoms with Gasteiger partial charge in [-0.3, -0.25) is 0 Å². The van der Waals surface area contributed by atoms with Crippen molar-refractivity contribution in [1.82, 2.24) is 9.13 Å². The first-order valence-electron chi connectivity index (χ1n) is 22.3. The van der Waals surface area contributed by atoms with E-state index in [4.69, 9.17) is 119 Å². The first-order valence-corrected chi connectivity index (χ1v) is 22.3. The van der Waals surface area contributed by atoms with Gasteiger partial charge in [-0.05, 0) is 71.8 Å². The van der Waals surface area contributed by atoms with Crippen molar-refractivity contribution in [2.24, 2.45) is 0 Å². The second-order valence-corrected chi connectivity index (χ2v) is 16.8. The van der Waals surface area contributed by atoms with Gasteiger partial charge >= 0.3 is 0 Å². The number of allylic oxidation sites excluding steroid dienone is 4. The maximum absolute atomic E-state index is 7.21. The van der Waals surface area contributed by atoms with Crippen LogP contribution >= 0.6 is 0 Å². The molecule has 7 aromatic carbocycles. The second kappa shape index (κ2) is 16.9. The third-order valence-corrected chi connectivity index (χ3v) is 13.4.